The maximum atomic E-state index is 12.8. The van der Waals surface area contributed by atoms with E-state index in [0.29, 0.717) is 18.7 Å². The summed E-state index contributed by atoms with van der Waals surface area (Å²) in [4.78, 5) is 14.5. The number of urea groups is 1. The van der Waals surface area contributed by atoms with Crippen LogP contribution in [0.2, 0.25) is 0 Å². The number of benzene rings is 2. The molecule has 0 atom stereocenters. The highest BCUT2D eigenvalue weighted by molar-refractivity contribution is 7.90. The number of anilines is 2. The average Bonchev–Trinajstić information content (AvgIpc) is 2.59. The van der Waals surface area contributed by atoms with E-state index in [1.807, 2.05) is 42.3 Å². The first-order chi connectivity index (χ1) is 11.9. The minimum Gasteiger partial charge on any atom is -0.375 e. The van der Waals surface area contributed by atoms with Crippen molar-refractivity contribution in [2.75, 3.05) is 30.4 Å². The number of sulfonamides is 1. The number of hydrogen-bond acceptors (Lipinski definition) is 4. The van der Waals surface area contributed by atoms with Gasteiger partial charge in [-0.05, 0) is 37.1 Å². The normalized spacial score (nSPS) is 15.4. The summed E-state index contributed by atoms with van der Waals surface area (Å²) in [7, 11) is -1.87. The number of nitrogens with zero attached hydrogens (tertiary/aromatic N) is 2. The third-order valence-corrected chi connectivity index (χ3v) is 6.14. The van der Waals surface area contributed by atoms with E-state index in [1.165, 1.54) is 6.07 Å². The molecule has 2 aromatic rings. The fraction of sp³-hybridized carbons (Fsp3) is 0.278. The Labute approximate surface area is 148 Å². The van der Waals surface area contributed by atoms with Crippen molar-refractivity contribution < 1.29 is 13.2 Å². The minimum atomic E-state index is -3.81. The number of aryl methyl sites for hydroxylation is 1. The largest absolute Gasteiger partial charge is 0.375 e. The third-order valence-electron chi connectivity index (χ3n) is 4.31. The van der Waals surface area contributed by atoms with Crippen LogP contribution in [0, 0.1) is 6.92 Å². The average molecular weight is 359 g/mol. The predicted molar refractivity (Wildman–Crippen MR) is 98.4 cm³/mol. The molecule has 0 unspecified atom stereocenters. The van der Waals surface area contributed by atoms with Crippen molar-refractivity contribution in [3.05, 3.63) is 54.1 Å². The third kappa shape index (κ3) is 3.32. The molecule has 1 aliphatic heterocycles. The van der Waals surface area contributed by atoms with Crippen LogP contribution in [0.25, 0.3) is 0 Å². The summed E-state index contributed by atoms with van der Waals surface area (Å²) in [5, 5.41) is 2.70. The molecule has 6 nitrogen and oxygen atoms in total. The Kier molecular flexibility index (Phi) is 4.67. The van der Waals surface area contributed by atoms with E-state index in [-0.39, 0.29) is 11.4 Å². The van der Waals surface area contributed by atoms with E-state index >= 15 is 0 Å². The van der Waals surface area contributed by atoms with Crippen molar-refractivity contribution in [3.8, 4) is 0 Å². The lowest BCUT2D eigenvalue weighted by Gasteiger charge is -2.30. The lowest BCUT2D eigenvalue weighted by molar-refractivity contribution is 0.234. The smallest absolute Gasteiger partial charge is 0.335 e. The summed E-state index contributed by atoms with van der Waals surface area (Å²) in [6.45, 7) is 2.56. The SMILES string of the molecule is Cc1cccc2c1NC(=O)N(CCCN(C)c1ccccc1)S2(=O)=O. The van der Waals surface area contributed by atoms with E-state index in [9.17, 15) is 13.2 Å². The lowest BCUT2D eigenvalue weighted by Crippen LogP contribution is -2.45. The van der Waals surface area contributed by atoms with Gasteiger partial charge in [-0.2, -0.15) is 0 Å². The van der Waals surface area contributed by atoms with Crippen LogP contribution in [0.1, 0.15) is 12.0 Å². The molecule has 1 heterocycles. The van der Waals surface area contributed by atoms with Gasteiger partial charge in [-0.3, -0.25) is 0 Å². The van der Waals surface area contributed by atoms with E-state index in [2.05, 4.69) is 5.32 Å². The maximum Gasteiger partial charge on any atom is 0.335 e. The van der Waals surface area contributed by atoms with Crippen molar-refractivity contribution >= 4 is 27.4 Å². The molecule has 0 saturated heterocycles. The van der Waals surface area contributed by atoms with Crippen LogP contribution < -0.4 is 10.2 Å². The molecule has 1 aliphatic rings. The minimum absolute atomic E-state index is 0.138. The number of para-hydroxylation sites is 2. The molecule has 2 aromatic carbocycles. The molecule has 0 aliphatic carbocycles. The van der Waals surface area contributed by atoms with Gasteiger partial charge in [0.2, 0.25) is 0 Å². The molecule has 25 heavy (non-hydrogen) atoms. The monoisotopic (exact) mass is 359 g/mol. The Morgan fingerprint density at radius 2 is 1.80 bits per heavy atom. The van der Waals surface area contributed by atoms with Gasteiger partial charge in [-0.25, -0.2) is 17.5 Å². The first kappa shape index (κ1) is 17.3. The summed E-state index contributed by atoms with van der Waals surface area (Å²) in [5.74, 6) is 0. The molecule has 3 rings (SSSR count). The molecule has 0 aromatic heterocycles. The van der Waals surface area contributed by atoms with Crippen molar-refractivity contribution in [2.45, 2.75) is 18.2 Å². The van der Waals surface area contributed by atoms with E-state index < -0.39 is 16.1 Å². The Morgan fingerprint density at radius 1 is 1.08 bits per heavy atom. The highest BCUT2D eigenvalue weighted by atomic mass is 32.2. The molecule has 7 heteroatoms. The van der Waals surface area contributed by atoms with Crippen LogP contribution >= 0.6 is 0 Å². The first-order valence-electron chi connectivity index (χ1n) is 8.11. The number of nitrogens with one attached hydrogen (secondary N) is 1. The van der Waals surface area contributed by atoms with Crippen LogP contribution in [0.3, 0.4) is 0 Å². The Hall–Kier alpha value is -2.54. The van der Waals surface area contributed by atoms with Gasteiger partial charge >= 0.3 is 6.03 Å². The standard InChI is InChI=1S/C18H21N3O3S/c1-14-8-6-11-16-17(14)19-18(22)21(25(16,23)24)13-7-12-20(2)15-9-4-3-5-10-15/h3-6,8-11H,7,12-13H2,1-2H3,(H,19,22). The fourth-order valence-electron chi connectivity index (χ4n) is 2.90. The second kappa shape index (κ2) is 6.76. The fourth-order valence-corrected chi connectivity index (χ4v) is 4.49. The summed E-state index contributed by atoms with van der Waals surface area (Å²) < 4.78 is 26.5. The lowest BCUT2D eigenvalue weighted by atomic mass is 10.2. The number of carbonyl (C=O) groups excluding carboxylic acids is 1. The summed E-state index contributed by atoms with van der Waals surface area (Å²) in [6, 6.07) is 14.2. The Balaban J connectivity index is 1.72. The van der Waals surface area contributed by atoms with Crippen LogP contribution in [0.5, 0.6) is 0 Å². The molecule has 0 bridgehead atoms. The second-order valence-corrected chi connectivity index (χ2v) is 7.90. The Bertz CT molecular complexity index is 882. The molecule has 0 radical (unpaired) electrons. The van der Waals surface area contributed by atoms with Gasteiger partial charge in [-0.1, -0.05) is 30.3 Å². The Morgan fingerprint density at radius 3 is 2.52 bits per heavy atom. The molecule has 132 valence electrons. The van der Waals surface area contributed by atoms with Crippen molar-refractivity contribution in [2.24, 2.45) is 0 Å². The van der Waals surface area contributed by atoms with Gasteiger partial charge in [0.1, 0.15) is 4.90 Å². The zero-order valence-corrected chi connectivity index (χ0v) is 15.1. The van der Waals surface area contributed by atoms with E-state index in [0.717, 1.165) is 15.6 Å². The number of hydrogen-bond donors (Lipinski definition) is 1. The zero-order valence-electron chi connectivity index (χ0n) is 14.3. The highest BCUT2D eigenvalue weighted by Crippen LogP contribution is 2.32. The molecule has 1 N–H and O–H groups in total. The van der Waals surface area contributed by atoms with E-state index in [4.69, 9.17) is 0 Å². The van der Waals surface area contributed by atoms with Crippen LogP contribution in [0.4, 0.5) is 16.2 Å². The van der Waals surface area contributed by atoms with Crippen molar-refractivity contribution in [3.63, 3.8) is 0 Å². The first-order valence-corrected chi connectivity index (χ1v) is 9.55. The van der Waals surface area contributed by atoms with Crippen molar-refractivity contribution in [1.29, 1.82) is 0 Å². The van der Waals surface area contributed by atoms with Gasteiger partial charge in [0.05, 0.1) is 5.69 Å². The topological polar surface area (TPSA) is 69.7 Å². The van der Waals surface area contributed by atoms with Crippen molar-refractivity contribution in [1.82, 2.24) is 4.31 Å². The number of rotatable bonds is 5. The maximum absolute atomic E-state index is 12.8. The zero-order chi connectivity index (χ0) is 18.0. The molecule has 0 spiro atoms. The molecule has 2 amide bonds. The van der Waals surface area contributed by atoms with Gasteiger partial charge in [0.25, 0.3) is 10.0 Å². The van der Waals surface area contributed by atoms with Crippen LogP contribution in [-0.2, 0) is 10.0 Å². The molecular weight excluding hydrogens is 338 g/mol. The van der Waals surface area contributed by atoms with Gasteiger partial charge in [0.15, 0.2) is 0 Å². The summed E-state index contributed by atoms with van der Waals surface area (Å²) in [5.41, 5.74) is 2.16. The molecule has 0 saturated carbocycles. The summed E-state index contributed by atoms with van der Waals surface area (Å²) >= 11 is 0. The molecule has 0 fully saturated rings. The van der Waals surface area contributed by atoms with Gasteiger partial charge in [0, 0.05) is 25.8 Å². The number of fused-ring (bicyclic) bond motifs is 1. The summed E-state index contributed by atoms with van der Waals surface area (Å²) in [6.07, 6.45) is 0.541. The quantitative estimate of drug-likeness (QED) is 0.891. The van der Waals surface area contributed by atoms with E-state index in [1.54, 1.807) is 19.1 Å². The second-order valence-electron chi connectivity index (χ2n) is 6.07. The van der Waals surface area contributed by atoms with Crippen LogP contribution in [-0.4, -0.2) is 38.9 Å². The van der Waals surface area contributed by atoms with Crippen LogP contribution in [0.15, 0.2) is 53.4 Å². The highest BCUT2D eigenvalue weighted by Gasteiger charge is 2.36. The number of carbonyl (C=O) groups is 1. The van der Waals surface area contributed by atoms with Gasteiger partial charge < -0.3 is 10.2 Å². The molecular formula is C18H21N3O3S. The number of amides is 2. The predicted octanol–water partition coefficient (Wildman–Crippen LogP) is 3.06. The van der Waals surface area contributed by atoms with Gasteiger partial charge in [-0.15, -0.1) is 0 Å².